The largest absolute Gasteiger partial charge is 0.454 e. The zero-order valence-corrected chi connectivity index (χ0v) is 16.3. The van der Waals surface area contributed by atoms with Gasteiger partial charge >= 0.3 is 0 Å². The van der Waals surface area contributed by atoms with Crippen molar-refractivity contribution < 1.29 is 14.3 Å². The van der Waals surface area contributed by atoms with Crippen molar-refractivity contribution in [1.29, 1.82) is 0 Å². The van der Waals surface area contributed by atoms with Crippen LogP contribution in [0.1, 0.15) is 28.4 Å². The average molecular weight is 389 g/mol. The van der Waals surface area contributed by atoms with Gasteiger partial charge in [0.15, 0.2) is 11.5 Å². The normalized spacial score (nSPS) is 11.9. The molecule has 1 N–H and O–H groups in total. The van der Waals surface area contributed by atoms with E-state index in [0.29, 0.717) is 25.2 Å². The Morgan fingerprint density at radius 2 is 1.86 bits per heavy atom. The minimum absolute atomic E-state index is 0.0319. The highest BCUT2D eigenvalue weighted by atomic mass is 16.7. The van der Waals surface area contributed by atoms with Gasteiger partial charge in [0.05, 0.1) is 11.3 Å². The van der Waals surface area contributed by atoms with Crippen molar-refractivity contribution in [1.82, 2.24) is 9.88 Å². The number of ether oxygens (including phenoxy) is 2. The Labute approximate surface area is 170 Å². The Hall–Kier alpha value is -3.54. The monoisotopic (exact) mass is 389 g/mol. The Kier molecular flexibility index (Phi) is 5.61. The van der Waals surface area contributed by atoms with Crippen LogP contribution in [0.15, 0.2) is 67.0 Å². The molecule has 148 valence electrons. The molecule has 2 aromatic carbocycles. The van der Waals surface area contributed by atoms with Gasteiger partial charge in [-0.2, -0.15) is 0 Å². The van der Waals surface area contributed by atoms with Crippen molar-refractivity contribution in [2.75, 3.05) is 18.7 Å². The number of nitrogens with one attached hydrogen (secondary N) is 1. The predicted molar refractivity (Wildman–Crippen MR) is 111 cm³/mol. The van der Waals surface area contributed by atoms with E-state index in [2.05, 4.69) is 10.3 Å². The first-order valence-electron chi connectivity index (χ1n) is 9.63. The molecule has 1 amide bonds. The molecule has 0 unspecified atom stereocenters. The fourth-order valence-corrected chi connectivity index (χ4v) is 3.22. The molecule has 0 saturated heterocycles. The van der Waals surface area contributed by atoms with Crippen LogP contribution < -0.4 is 14.8 Å². The molecule has 0 aliphatic carbocycles. The molecule has 6 nitrogen and oxygen atoms in total. The Bertz CT molecular complexity index is 992. The van der Waals surface area contributed by atoms with E-state index in [-0.39, 0.29) is 12.7 Å². The standard InChI is InChI=1S/C23H23N3O3/c1-2-26(15-17-6-4-3-5-7-17)23(27)19-11-20(14-24-13-19)25-12-18-8-9-21-22(10-18)29-16-28-21/h3-11,13-14,25H,2,12,15-16H2,1H3. The minimum atomic E-state index is -0.0319. The van der Waals surface area contributed by atoms with Gasteiger partial charge < -0.3 is 19.7 Å². The lowest BCUT2D eigenvalue weighted by atomic mass is 10.1. The Morgan fingerprint density at radius 3 is 2.69 bits per heavy atom. The third kappa shape index (κ3) is 4.48. The minimum Gasteiger partial charge on any atom is -0.454 e. The third-order valence-corrected chi connectivity index (χ3v) is 4.80. The quantitative estimate of drug-likeness (QED) is 0.660. The van der Waals surface area contributed by atoms with Gasteiger partial charge in [0.2, 0.25) is 6.79 Å². The van der Waals surface area contributed by atoms with Crippen LogP contribution in [-0.2, 0) is 13.1 Å². The molecular weight excluding hydrogens is 366 g/mol. The molecule has 1 aliphatic heterocycles. The van der Waals surface area contributed by atoms with Crippen molar-refractivity contribution in [2.45, 2.75) is 20.0 Å². The van der Waals surface area contributed by atoms with Crippen molar-refractivity contribution in [3.63, 3.8) is 0 Å². The summed E-state index contributed by atoms with van der Waals surface area (Å²) in [5.74, 6) is 1.49. The fraction of sp³-hybridized carbons (Fsp3) is 0.217. The smallest absolute Gasteiger partial charge is 0.255 e. The summed E-state index contributed by atoms with van der Waals surface area (Å²) in [5.41, 5.74) is 3.53. The number of hydrogen-bond acceptors (Lipinski definition) is 5. The van der Waals surface area contributed by atoms with Crippen LogP contribution in [0.3, 0.4) is 0 Å². The number of amides is 1. The molecule has 4 rings (SSSR count). The first-order chi connectivity index (χ1) is 14.2. The van der Waals surface area contributed by atoms with Gasteiger partial charge in [0.25, 0.3) is 5.91 Å². The maximum atomic E-state index is 13.0. The van der Waals surface area contributed by atoms with E-state index in [9.17, 15) is 4.79 Å². The second-order valence-electron chi connectivity index (χ2n) is 6.81. The second-order valence-corrected chi connectivity index (χ2v) is 6.81. The molecule has 0 saturated carbocycles. The number of nitrogens with zero attached hydrogens (tertiary/aromatic N) is 2. The van der Waals surface area contributed by atoms with E-state index in [0.717, 1.165) is 28.3 Å². The average Bonchev–Trinajstić information content (AvgIpc) is 3.24. The van der Waals surface area contributed by atoms with Gasteiger partial charge in [-0.25, -0.2) is 0 Å². The summed E-state index contributed by atoms with van der Waals surface area (Å²) in [4.78, 5) is 19.0. The molecule has 0 atom stereocenters. The zero-order chi connectivity index (χ0) is 20.1. The van der Waals surface area contributed by atoms with Gasteiger partial charge in [-0.3, -0.25) is 9.78 Å². The molecule has 2 heterocycles. The summed E-state index contributed by atoms with van der Waals surface area (Å²) in [6.45, 7) is 4.04. The highest BCUT2D eigenvalue weighted by molar-refractivity contribution is 5.94. The molecule has 3 aromatic rings. The van der Waals surface area contributed by atoms with Crippen LogP contribution in [0, 0.1) is 0 Å². The molecule has 1 aliphatic rings. The van der Waals surface area contributed by atoms with Crippen molar-refractivity contribution in [3.8, 4) is 11.5 Å². The van der Waals surface area contributed by atoms with Crippen LogP contribution in [0.4, 0.5) is 5.69 Å². The first kappa shape index (κ1) is 18.8. The highest BCUT2D eigenvalue weighted by Crippen LogP contribution is 2.32. The van der Waals surface area contributed by atoms with Crippen LogP contribution in [0.2, 0.25) is 0 Å². The van der Waals surface area contributed by atoms with Crippen LogP contribution in [0.5, 0.6) is 11.5 Å². The lowest BCUT2D eigenvalue weighted by Gasteiger charge is -2.21. The summed E-state index contributed by atoms with van der Waals surface area (Å²) in [6.07, 6.45) is 3.33. The predicted octanol–water partition coefficient (Wildman–Crippen LogP) is 4.08. The number of carbonyl (C=O) groups excluding carboxylic acids is 1. The van der Waals surface area contributed by atoms with E-state index in [1.54, 1.807) is 12.4 Å². The van der Waals surface area contributed by atoms with Crippen LogP contribution >= 0.6 is 0 Å². The van der Waals surface area contributed by atoms with Gasteiger partial charge in [0.1, 0.15) is 0 Å². The lowest BCUT2D eigenvalue weighted by Crippen LogP contribution is -2.30. The summed E-state index contributed by atoms with van der Waals surface area (Å²) in [5, 5.41) is 3.32. The molecular formula is C23H23N3O3. The number of rotatable bonds is 7. The van der Waals surface area contributed by atoms with E-state index in [4.69, 9.17) is 9.47 Å². The summed E-state index contributed by atoms with van der Waals surface area (Å²) in [7, 11) is 0. The van der Waals surface area contributed by atoms with Gasteiger partial charge in [-0.15, -0.1) is 0 Å². The van der Waals surface area contributed by atoms with E-state index in [1.807, 2.05) is 66.4 Å². The number of carbonyl (C=O) groups is 1. The third-order valence-electron chi connectivity index (χ3n) is 4.80. The lowest BCUT2D eigenvalue weighted by molar-refractivity contribution is 0.0752. The van der Waals surface area contributed by atoms with Gasteiger partial charge in [-0.1, -0.05) is 36.4 Å². The van der Waals surface area contributed by atoms with E-state index in [1.165, 1.54) is 0 Å². The number of pyridine rings is 1. The first-order valence-corrected chi connectivity index (χ1v) is 9.63. The number of hydrogen-bond donors (Lipinski definition) is 1. The van der Waals surface area contributed by atoms with Crippen LogP contribution in [0.25, 0.3) is 0 Å². The fourth-order valence-electron chi connectivity index (χ4n) is 3.22. The SMILES string of the molecule is CCN(Cc1ccccc1)C(=O)c1cncc(NCc2ccc3c(c2)OCO3)c1. The Morgan fingerprint density at radius 1 is 1.03 bits per heavy atom. The molecule has 0 spiro atoms. The molecule has 0 fully saturated rings. The molecule has 6 heteroatoms. The summed E-state index contributed by atoms with van der Waals surface area (Å²) < 4.78 is 10.8. The van der Waals surface area contributed by atoms with Gasteiger partial charge in [-0.05, 0) is 36.2 Å². The molecule has 29 heavy (non-hydrogen) atoms. The molecule has 1 aromatic heterocycles. The molecule has 0 bridgehead atoms. The van der Waals surface area contributed by atoms with Gasteiger partial charge in [0, 0.05) is 32.0 Å². The van der Waals surface area contributed by atoms with E-state index < -0.39 is 0 Å². The number of fused-ring (bicyclic) bond motifs is 1. The topological polar surface area (TPSA) is 63.7 Å². The molecule has 0 radical (unpaired) electrons. The zero-order valence-electron chi connectivity index (χ0n) is 16.3. The van der Waals surface area contributed by atoms with E-state index >= 15 is 0 Å². The Balaban J connectivity index is 1.42. The number of benzene rings is 2. The second kappa shape index (κ2) is 8.65. The van der Waals surface area contributed by atoms with Crippen LogP contribution in [-0.4, -0.2) is 29.1 Å². The maximum absolute atomic E-state index is 13.0. The number of aromatic nitrogens is 1. The van der Waals surface area contributed by atoms with Crippen molar-refractivity contribution >= 4 is 11.6 Å². The van der Waals surface area contributed by atoms with Crippen molar-refractivity contribution in [3.05, 3.63) is 83.7 Å². The van der Waals surface area contributed by atoms with Crippen molar-refractivity contribution in [2.24, 2.45) is 0 Å². The maximum Gasteiger partial charge on any atom is 0.255 e. The summed E-state index contributed by atoms with van der Waals surface area (Å²) >= 11 is 0. The summed E-state index contributed by atoms with van der Waals surface area (Å²) in [6, 6.07) is 17.7. The highest BCUT2D eigenvalue weighted by Gasteiger charge is 2.16. The number of anilines is 1.